The summed E-state index contributed by atoms with van der Waals surface area (Å²) in [7, 11) is 0. The summed E-state index contributed by atoms with van der Waals surface area (Å²) in [5, 5.41) is 21.5. The van der Waals surface area contributed by atoms with Crippen molar-refractivity contribution >= 4 is 23.8 Å². The molecule has 2 atom stereocenters. The third-order valence-corrected chi connectivity index (χ3v) is 4.77. The van der Waals surface area contributed by atoms with Crippen molar-refractivity contribution in [2.75, 3.05) is 11.9 Å². The first-order valence-electron chi connectivity index (χ1n) is 7.83. The number of aromatic nitrogens is 2. The third kappa shape index (κ3) is 4.69. The van der Waals surface area contributed by atoms with Gasteiger partial charge in [-0.05, 0) is 12.0 Å². The molecule has 1 heterocycles. The second-order valence-electron chi connectivity index (χ2n) is 5.42. The first-order valence-corrected chi connectivity index (χ1v) is 8.71. The minimum Gasteiger partial charge on any atom is -0.387 e. The number of thioether (sulfide) groups is 1. The summed E-state index contributed by atoms with van der Waals surface area (Å²) in [5.41, 5.74) is 0.576. The van der Waals surface area contributed by atoms with Gasteiger partial charge < -0.3 is 20.8 Å². The van der Waals surface area contributed by atoms with Crippen LogP contribution in [0.1, 0.15) is 37.5 Å². The molecule has 2 aromatic rings. The van der Waals surface area contributed by atoms with Crippen LogP contribution in [0.4, 0.5) is 5.82 Å². The van der Waals surface area contributed by atoms with Gasteiger partial charge in [0.2, 0.25) is 0 Å². The Labute approximate surface area is 145 Å². The van der Waals surface area contributed by atoms with Crippen LogP contribution in [0.25, 0.3) is 0 Å². The first-order chi connectivity index (χ1) is 11.5. The molecule has 6 nitrogen and oxygen atoms in total. The minimum atomic E-state index is -0.725. The Morgan fingerprint density at radius 1 is 1.42 bits per heavy atom. The Bertz CT molecular complexity index is 733. The van der Waals surface area contributed by atoms with Gasteiger partial charge in [-0.25, -0.2) is 4.98 Å². The lowest BCUT2D eigenvalue weighted by Crippen LogP contribution is -2.21. The summed E-state index contributed by atoms with van der Waals surface area (Å²) in [4.78, 5) is 19.2. The van der Waals surface area contributed by atoms with Gasteiger partial charge in [0.05, 0.1) is 11.7 Å². The standard InChI is InChI=1S/C17H22N4O2S/c1-3-11(2)24-17-20-15(13(9-18)16(23)21-17)19-10-14(22)12-7-5-4-6-8-12/h4-9,11,14,18,22H,3,10H2,1-2H3,(H2,19,20,21,23). The predicted molar refractivity (Wildman–Crippen MR) is 98.2 cm³/mol. The lowest BCUT2D eigenvalue weighted by atomic mass is 10.1. The van der Waals surface area contributed by atoms with Gasteiger partial charge in [-0.15, -0.1) is 0 Å². The van der Waals surface area contributed by atoms with E-state index in [0.29, 0.717) is 16.2 Å². The molecule has 1 aromatic heterocycles. The molecule has 0 bridgehead atoms. The first kappa shape index (κ1) is 18.2. The quantitative estimate of drug-likeness (QED) is 0.334. The number of benzene rings is 1. The topological polar surface area (TPSA) is 102 Å². The fourth-order valence-electron chi connectivity index (χ4n) is 2.05. The molecule has 0 aliphatic rings. The van der Waals surface area contributed by atoms with Crippen molar-refractivity contribution in [3.8, 4) is 0 Å². The zero-order valence-corrected chi connectivity index (χ0v) is 14.6. The van der Waals surface area contributed by atoms with Crippen molar-refractivity contribution in [2.45, 2.75) is 36.8 Å². The molecule has 4 N–H and O–H groups in total. The number of rotatable bonds is 8. The Morgan fingerprint density at radius 3 is 2.75 bits per heavy atom. The summed E-state index contributed by atoms with van der Waals surface area (Å²) < 4.78 is 0. The average Bonchev–Trinajstić information content (AvgIpc) is 2.60. The van der Waals surface area contributed by atoms with Crippen molar-refractivity contribution in [1.82, 2.24) is 9.97 Å². The molecule has 0 aliphatic heterocycles. The lowest BCUT2D eigenvalue weighted by Gasteiger charge is -2.15. The number of aliphatic hydroxyl groups is 1. The molecule has 0 amide bonds. The summed E-state index contributed by atoms with van der Waals surface area (Å²) in [5.74, 6) is 0.314. The molecule has 0 aliphatic carbocycles. The van der Waals surface area contributed by atoms with E-state index in [0.717, 1.165) is 18.2 Å². The SMILES string of the molecule is CCC(C)Sc1nc(NCC(O)c2ccccc2)c(C=N)c(=O)[nH]1. The number of H-pyrrole nitrogens is 1. The van der Waals surface area contributed by atoms with Crippen LogP contribution >= 0.6 is 11.8 Å². The Morgan fingerprint density at radius 2 is 2.12 bits per heavy atom. The van der Waals surface area contributed by atoms with Crippen molar-refractivity contribution in [2.24, 2.45) is 0 Å². The summed E-state index contributed by atoms with van der Waals surface area (Å²) in [6, 6.07) is 9.26. The molecule has 0 spiro atoms. The van der Waals surface area contributed by atoms with Crippen LogP contribution in [-0.2, 0) is 0 Å². The molecule has 2 rings (SSSR count). The van der Waals surface area contributed by atoms with Crippen LogP contribution in [0.5, 0.6) is 0 Å². The molecule has 24 heavy (non-hydrogen) atoms. The van der Waals surface area contributed by atoms with Gasteiger partial charge in [0.15, 0.2) is 5.16 Å². The van der Waals surface area contributed by atoms with Crippen LogP contribution in [0.15, 0.2) is 40.3 Å². The monoisotopic (exact) mass is 346 g/mol. The third-order valence-electron chi connectivity index (χ3n) is 3.61. The smallest absolute Gasteiger partial charge is 0.262 e. The van der Waals surface area contributed by atoms with Crippen molar-refractivity contribution in [3.05, 3.63) is 51.8 Å². The van der Waals surface area contributed by atoms with Gasteiger partial charge in [0.25, 0.3) is 5.56 Å². The van der Waals surface area contributed by atoms with Gasteiger partial charge in [-0.2, -0.15) is 0 Å². The highest BCUT2D eigenvalue weighted by atomic mass is 32.2. The maximum atomic E-state index is 12.1. The Balaban J connectivity index is 2.18. The summed E-state index contributed by atoms with van der Waals surface area (Å²) >= 11 is 1.48. The largest absolute Gasteiger partial charge is 0.387 e. The predicted octanol–water partition coefficient (Wildman–Crippen LogP) is 2.80. The molecule has 7 heteroatoms. The fourth-order valence-corrected chi connectivity index (χ4v) is 2.89. The van der Waals surface area contributed by atoms with E-state index in [9.17, 15) is 9.90 Å². The summed E-state index contributed by atoms with van der Waals surface area (Å²) in [6.45, 7) is 4.33. The van der Waals surface area contributed by atoms with Crippen molar-refractivity contribution in [1.29, 1.82) is 5.41 Å². The fraction of sp³-hybridized carbons (Fsp3) is 0.353. The number of hydrogen-bond acceptors (Lipinski definition) is 6. The highest BCUT2D eigenvalue weighted by Gasteiger charge is 2.14. The number of aliphatic hydroxyl groups excluding tert-OH is 1. The normalized spacial score (nSPS) is 13.3. The molecule has 1 aromatic carbocycles. The second kappa shape index (κ2) is 8.65. The van der Waals surface area contributed by atoms with E-state index < -0.39 is 6.10 Å². The Hall–Kier alpha value is -2.12. The van der Waals surface area contributed by atoms with E-state index in [-0.39, 0.29) is 17.7 Å². The van der Waals surface area contributed by atoms with Gasteiger partial charge in [0, 0.05) is 18.0 Å². The molecule has 0 saturated heterocycles. The summed E-state index contributed by atoms with van der Waals surface area (Å²) in [6.07, 6.45) is 1.20. The average molecular weight is 346 g/mol. The molecule has 0 fully saturated rings. The van der Waals surface area contributed by atoms with E-state index in [1.807, 2.05) is 30.3 Å². The van der Waals surface area contributed by atoms with E-state index in [2.05, 4.69) is 29.1 Å². The lowest BCUT2D eigenvalue weighted by molar-refractivity contribution is 0.191. The van der Waals surface area contributed by atoms with E-state index in [1.54, 1.807) is 0 Å². The van der Waals surface area contributed by atoms with Gasteiger partial charge in [0.1, 0.15) is 5.82 Å². The van der Waals surface area contributed by atoms with E-state index in [1.165, 1.54) is 11.8 Å². The van der Waals surface area contributed by atoms with Crippen LogP contribution < -0.4 is 10.9 Å². The van der Waals surface area contributed by atoms with Gasteiger partial charge in [-0.1, -0.05) is 55.9 Å². The zero-order valence-electron chi connectivity index (χ0n) is 13.7. The number of aromatic amines is 1. The molecule has 0 radical (unpaired) electrons. The highest BCUT2D eigenvalue weighted by Crippen LogP contribution is 2.22. The van der Waals surface area contributed by atoms with Gasteiger partial charge >= 0.3 is 0 Å². The highest BCUT2D eigenvalue weighted by molar-refractivity contribution is 7.99. The molecular formula is C17H22N4O2S. The number of nitrogens with zero attached hydrogens (tertiary/aromatic N) is 1. The molecule has 0 saturated carbocycles. The van der Waals surface area contributed by atoms with Crippen LogP contribution in [-0.4, -0.2) is 33.1 Å². The van der Waals surface area contributed by atoms with Crippen LogP contribution in [0.3, 0.4) is 0 Å². The molecular weight excluding hydrogens is 324 g/mol. The number of anilines is 1. The van der Waals surface area contributed by atoms with E-state index in [4.69, 9.17) is 5.41 Å². The maximum absolute atomic E-state index is 12.1. The maximum Gasteiger partial charge on any atom is 0.262 e. The molecule has 128 valence electrons. The van der Waals surface area contributed by atoms with Crippen molar-refractivity contribution < 1.29 is 5.11 Å². The minimum absolute atomic E-state index is 0.156. The van der Waals surface area contributed by atoms with Crippen LogP contribution in [0.2, 0.25) is 0 Å². The van der Waals surface area contributed by atoms with Crippen LogP contribution in [0, 0.1) is 5.41 Å². The second-order valence-corrected chi connectivity index (χ2v) is 6.85. The number of hydrogen-bond donors (Lipinski definition) is 4. The zero-order chi connectivity index (χ0) is 17.5. The number of nitrogens with one attached hydrogen (secondary N) is 3. The molecule has 2 unspecified atom stereocenters. The van der Waals surface area contributed by atoms with E-state index >= 15 is 0 Å². The van der Waals surface area contributed by atoms with Crippen molar-refractivity contribution in [3.63, 3.8) is 0 Å². The Kier molecular flexibility index (Phi) is 6.57. The van der Waals surface area contributed by atoms with Gasteiger partial charge in [-0.3, -0.25) is 4.79 Å².